The molecule has 73 valence electrons. The van der Waals surface area contributed by atoms with Crippen LogP contribution in [0.1, 0.15) is 5.56 Å². The molecule has 0 unspecified atom stereocenters. The number of anilines is 1. The van der Waals surface area contributed by atoms with Crippen LogP contribution in [0.5, 0.6) is 0 Å². The maximum Gasteiger partial charge on any atom is 0.284 e. The van der Waals surface area contributed by atoms with E-state index < -0.39 is 0 Å². The summed E-state index contributed by atoms with van der Waals surface area (Å²) in [5, 5.41) is 3.81. The zero-order valence-electron chi connectivity index (χ0n) is 7.78. The lowest BCUT2D eigenvalue weighted by Crippen LogP contribution is -2.14. The number of amides is 1. The highest BCUT2D eigenvalue weighted by molar-refractivity contribution is 8.13. The predicted octanol–water partition coefficient (Wildman–Crippen LogP) is 2.81. The van der Waals surface area contributed by atoms with E-state index in [-0.39, 0.29) is 5.24 Å². The second-order valence-electron chi connectivity index (χ2n) is 3.32. The van der Waals surface area contributed by atoms with Gasteiger partial charge in [-0.05, 0) is 18.2 Å². The van der Waals surface area contributed by atoms with Gasteiger partial charge in [-0.15, -0.1) is 0 Å². The van der Waals surface area contributed by atoms with E-state index in [2.05, 4.69) is 22.4 Å². The molecule has 1 aliphatic heterocycles. The Balaban J connectivity index is 2.24. The van der Waals surface area contributed by atoms with E-state index in [0.717, 1.165) is 16.5 Å². The number of thioether (sulfide) groups is 1. The summed E-state index contributed by atoms with van der Waals surface area (Å²) >= 11 is 1.27. The molecule has 1 aliphatic rings. The van der Waals surface area contributed by atoms with Crippen LogP contribution < -0.4 is 5.32 Å². The van der Waals surface area contributed by atoms with Crippen molar-refractivity contribution >= 4 is 33.7 Å². The zero-order valence-corrected chi connectivity index (χ0v) is 8.60. The molecular formula is C11H7N2OS. The highest BCUT2D eigenvalue weighted by atomic mass is 32.2. The molecule has 0 aliphatic carbocycles. The first-order chi connectivity index (χ1) is 7.33. The molecule has 3 nitrogen and oxygen atoms in total. The molecule has 1 N–H and O–H groups in total. The fraction of sp³-hybridized carbons (Fsp3) is 0.0909. The van der Waals surface area contributed by atoms with Gasteiger partial charge in [0, 0.05) is 16.7 Å². The lowest BCUT2D eigenvalue weighted by molar-refractivity contribution is 0.269. The molecular weight excluding hydrogens is 208 g/mol. The summed E-state index contributed by atoms with van der Waals surface area (Å²) in [7, 11) is 0. The van der Waals surface area contributed by atoms with Gasteiger partial charge in [-0.25, -0.2) is 4.98 Å². The number of rotatable bonds is 0. The van der Waals surface area contributed by atoms with Crippen molar-refractivity contribution in [2.45, 2.75) is 5.75 Å². The molecule has 2 aromatic rings. The van der Waals surface area contributed by atoms with Crippen LogP contribution in [-0.2, 0) is 5.75 Å². The molecule has 0 saturated carbocycles. The Labute approximate surface area is 90.9 Å². The van der Waals surface area contributed by atoms with Gasteiger partial charge in [0.15, 0.2) is 0 Å². The van der Waals surface area contributed by atoms with Crippen LogP contribution in [0.2, 0.25) is 0 Å². The lowest BCUT2D eigenvalue weighted by Gasteiger charge is -2.15. The molecule has 1 amide bonds. The molecule has 0 saturated heterocycles. The van der Waals surface area contributed by atoms with Gasteiger partial charge in [0.25, 0.3) is 5.24 Å². The topological polar surface area (TPSA) is 42.0 Å². The Morgan fingerprint density at radius 3 is 3.40 bits per heavy atom. The number of hydrogen-bond donors (Lipinski definition) is 1. The Morgan fingerprint density at radius 2 is 2.47 bits per heavy atom. The Bertz CT molecular complexity index is 553. The van der Waals surface area contributed by atoms with Crippen LogP contribution in [0.15, 0.2) is 24.3 Å². The first-order valence-electron chi connectivity index (χ1n) is 4.56. The van der Waals surface area contributed by atoms with Crippen LogP contribution in [0.3, 0.4) is 0 Å². The van der Waals surface area contributed by atoms with Crippen LogP contribution in [0.4, 0.5) is 10.6 Å². The summed E-state index contributed by atoms with van der Waals surface area (Å²) in [5.41, 5.74) is 1.95. The number of carbonyl (C=O) groups is 1. The minimum atomic E-state index is -0.0331. The van der Waals surface area contributed by atoms with Crippen LogP contribution in [0, 0.1) is 6.07 Å². The molecule has 1 radical (unpaired) electrons. The number of pyridine rings is 1. The van der Waals surface area contributed by atoms with Crippen molar-refractivity contribution in [1.82, 2.24) is 4.98 Å². The summed E-state index contributed by atoms with van der Waals surface area (Å²) in [6.45, 7) is 0. The van der Waals surface area contributed by atoms with Crippen molar-refractivity contribution in [3.63, 3.8) is 0 Å². The van der Waals surface area contributed by atoms with Crippen LogP contribution >= 0.6 is 11.8 Å². The van der Waals surface area contributed by atoms with Crippen molar-refractivity contribution in [2.75, 3.05) is 5.32 Å². The van der Waals surface area contributed by atoms with Gasteiger partial charge in [-0.3, -0.25) is 4.79 Å². The second-order valence-corrected chi connectivity index (χ2v) is 4.26. The van der Waals surface area contributed by atoms with Gasteiger partial charge in [0.05, 0.1) is 5.52 Å². The van der Waals surface area contributed by atoms with E-state index in [1.54, 1.807) is 0 Å². The third-order valence-corrected chi connectivity index (χ3v) is 3.14. The highest BCUT2D eigenvalue weighted by Gasteiger charge is 2.16. The average molecular weight is 215 g/mol. The monoisotopic (exact) mass is 215 g/mol. The third kappa shape index (κ3) is 1.47. The predicted molar refractivity (Wildman–Crippen MR) is 60.9 cm³/mol. The number of hydrogen-bond acceptors (Lipinski definition) is 3. The van der Waals surface area contributed by atoms with Crippen molar-refractivity contribution in [3.05, 3.63) is 35.9 Å². The largest absolute Gasteiger partial charge is 0.301 e. The number of aromatic nitrogens is 1. The van der Waals surface area contributed by atoms with E-state index in [1.165, 1.54) is 11.8 Å². The van der Waals surface area contributed by atoms with Gasteiger partial charge < -0.3 is 5.32 Å². The number of nitrogens with one attached hydrogen (secondary N) is 1. The number of fused-ring (bicyclic) bond motifs is 2. The first kappa shape index (κ1) is 8.73. The maximum atomic E-state index is 11.2. The Kier molecular flexibility index (Phi) is 1.89. The van der Waals surface area contributed by atoms with E-state index in [0.29, 0.717) is 11.6 Å². The normalized spacial score (nSPS) is 14.8. The fourth-order valence-electron chi connectivity index (χ4n) is 1.60. The average Bonchev–Trinajstić information content (AvgIpc) is 2.26. The van der Waals surface area contributed by atoms with Crippen LogP contribution in [-0.4, -0.2) is 10.2 Å². The summed E-state index contributed by atoms with van der Waals surface area (Å²) in [6, 6.07) is 10.7. The molecule has 0 bridgehead atoms. The number of benzene rings is 1. The summed E-state index contributed by atoms with van der Waals surface area (Å²) in [6.07, 6.45) is 0. The Morgan fingerprint density at radius 1 is 1.53 bits per heavy atom. The molecule has 0 spiro atoms. The molecule has 0 atom stereocenters. The van der Waals surface area contributed by atoms with Crippen molar-refractivity contribution in [3.8, 4) is 0 Å². The molecule has 3 rings (SSSR count). The second kappa shape index (κ2) is 3.24. The van der Waals surface area contributed by atoms with E-state index >= 15 is 0 Å². The SMILES string of the molecule is O=C1Nc2nc3c[c]ccc3cc2CS1. The third-order valence-electron chi connectivity index (χ3n) is 2.32. The van der Waals surface area contributed by atoms with E-state index in [9.17, 15) is 4.79 Å². The first-order valence-corrected chi connectivity index (χ1v) is 5.55. The van der Waals surface area contributed by atoms with Gasteiger partial charge in [0.1, 0.15) is 5.82 Å². The standard InChI is InChI=1S/C11H7N2OS/c14-11-13-10-8(6-15-11)5-7-3-1-2-4-9(7)12-10/h1,3-5H,6H2,(H,12,13,14). The van der Waals surface area contributed by atoms with Crippen molar-refractivity contribution < 1.29 is 4.79 Å². The minimum Gasteiger partial charge on any atom is -0.301 e. The summed E-state index contributed by atoms with van der Waals surface area (Å²) in [5.74, 6) is 1.38. The molecule has 15 heavy (non-hydrogen) atoms. The van der Waals surface area contributed by atoms with Gasteiger partial charge >= 0.3 is 0 Å². The maximum absolute atomic E-state index is 11.2. The quantitative estimate of drug-likeness (QED) is 0.734. The van der Waals surface area contributed by atoms with Gasteiger partial charge in [-0.2, -0.15) is 0 Å². The Hall–Kier alpha value is -1.55. The van der Waals surface area contributed by atoms with E-state index in [1.807, 2.05) is 18.2 Å². The van der Waals surface area contributed by atoms with Gasteiger partial charge in [0.2, 0.25) is 0 Å². The number of carbonyl (C=O) groups excluding carboxylic acids is 1. The van der Waals surface area contributed by atoms with E-state index in [4.69, 9.17) is 0 Å². The minimum absolute atomic E-state index is 0.0331. The zero-order chi connectivity index (χ0) is 10.3. The number of nitrogens with zero attached hydrogens (tertiary/aromatic N) is 1. The molecule has 0 fully saturated rings. The van der Waals surface area contributed by atoms with Crippen LogP contribution in [0.25, 0.3) is 10.9 Å². The smallest absolute Gasteiger partial charge is 0.284 e. The molecule has 2 heterocycles. The molecule has 1 aromatic heterocycles. The van der Waals surface area contributed by atoms with Gasteiger partial charge in [-0.1, -0.05) is 23.9 Å². The molecule has 4 heteroatoms. The summed E-state index contributed by atoms with van der Waals surface area (Å²) in [4.78, 5) is 15.6. The highest BCUT2D eigenvalue weighted by Crippen LogP contribution is 2.29. The molecule has 1 aromatic carbocycles. The lowest BCUT2D eigenvalue weighted by atomic mass is 10.1. The van der Waals surface area contributed by atoms with Crippen molar-refractivity contribution in [2.24, 2.45) is 0 Å². The fourth-order valence-corrected chi connectivity index (χ4v) is 2.27. The summed E-state index contributed by atoms with van der Waals surface area (Å²) < 4.78 is 0. The van der Waals surface area contributed by atoms with Crippen molar-refractivity contribution in [1.29, 1.82) is 0 Å².